The Bertz CT molecular complexity index is 1160. The smallest absolute Gasteiger partial charge is 0.243 e. The maximum atomic E-state index is 14.2. The number of carbonyl (C=O) groups is 1. The SMILES string of the molecule is CC(CC1CCC(C)N1C(=O)CC1([C@H]2COCC(C3CC3)N2S(=O)(=O)c2ccc(Cl)cc2)CC1)N1CCCCC1. The van der Waals surface area contributed by atoms with Gasteiger partial charge in [-0.15, -0.1) is 0 Å². The molecule has 3 saturated heterocycles. The lowest BCUT2D eigenvalue weighted by Crippen LogP contribution is -2.59. The summed E-state index contributed by atoms with van der Waals surface area (Å²) in [4.78, 5) is 19.2. The number of benzene rings is 1. The zero-order chi connectivity index (χ0) is 28.1. The van der Waals surface area contributed by atoms with Crippen molar-refractivity contribution >= 4 is 27.5 Å². The molecule has 2 aliphatic carbocycles. The molecule has 1 amide bonds. The van der Waals surface area contributed by atoms with E-state index in [0.29, 0.717) is 36.6 Å². The van der Waals surface area contributed by atoms with Crippen molar-refractivity contribution in [2.45, 2.75) is 120 Å². The Morgan fingerprint density at radius 2 is 1.75 bits per heavy atom. The summed E-state index contributed by atoms with van der Waals surface area (Å²) in [6, 6.07) is 7.00. The number of halogens is 1. The summed E-state index contributed by atoms with van der Waals surface area (Å²) < 4.78 is 36.2. The first-order valence-corrected chi connectivity index (χ1v) is 17.4. The van der Waals surface area contributed by atoms with Crippen LogP contribution in [0, 0.1) is 11.3 Å². The molecule has 1 aromatic rings. The molecule has 0 N–H and O–H groups in total. The molecule has 6 rings (SSSR count). The fourth-order valence-electron chi connectivity index (χ4n) is 7.86. The molecule has 7 nitrogen and oxygen atoms in total. The second-order valence-electron chi connectivity index (χ2n) is 13.3. The Kier molecular flexibility index (Phi) is 8.29. The van der Waals surface area contributed by atoms with Gasteiger partial charge in [0.15, 0.2) is 0 Å². The van der Waals surface area contributed by atoms with Gasteiger partial charge in [-0.1, -0.05) is 18.0 Å². The number of rotatable bonds is 9. The van der Waals surface area contributed by atoms with Crippen molar-refractivity contribution in [3.63, 3.8) is 0 Å². The van der Waals surface area contributed by atoms with Crippen molar-refractivity contribution in [3.8, 4) is 0 Å². The second-order valence-corrected chi connectivity index (χ2v) is 15.6. The summed E-state index contributed by atoms with van der Waals surface area (Å²) in [6.45, 7) is 7.64. The fraction of sp³-hybridized carbons (Fsp3) is 0.774. The molecule has 40 heavy (non-hydrogen) atoms. The maximum absolute atomic E-state index is 14.2. The lowest BCUT2D eigenvalue weighted by molar-refractivity contribution is -0.137. The first-order valence-electron chi connectivity index (χ1n) is 15.6. The quantitative estimate of drug-likeness (QED) is 0.389. The van der Waals surface area contributed by atoms with Crippen molar-refractivity contribution in [2.24, 2.45) is 11.3 Å². The Morgan fingerprint density at radius 1 is 1.05 bits per heavy atom. The van der Waals surface area contributed by atoms with Crippen LogP contribution >= 0.6 is 11.6 Å². The van der Waals surface area contributed by atoms with Crippen LogP contribution in [-0.4, -0.2) is 84.9 Å². The van der Waals surface area contributed by atoms with E-state index in [0.717, 1.165) is 44.9 Å². The molecule has 5 fully saturated rings. The number of likely N-dealkylation sites (tertiary alicyclic amines) is 2. The van der Waals surface area contributed by atoms with E-state index in [1.54, 1.807) is 28.6 Å². The van der Waals surface area contributed by atoms with Gasteiger partial charge in [-0.05, 0) is 120 Å². The fourth-order valence-corrected chi connectivity index (χ4v) is 9.92. The maximum Gasteiger partial charge on any atom is 0.243 e. The lowest BCUT2D eigenvalue weighted by Gasteiger charge is -2.45. The van der Waals surface area contributed by atoms with Gasteiger partial charge in [0.1, 0.15) is 0 Å². The van der Waals surface area contributed by atoms with Crippen molar-refractivity contribution in [3.05, 3.63) is 29.3 Å². The minimum Gasteiger partial charge on any atom is -0.378 e. The molecular weight excluding hydrogens is 546 g/mol. The van der Waals surface area contributed by atoms with Gasteiger partial charge < -0.3 is 14.5 Å². The van der Waals surface area contributed by atoms with E-state index in [9.17, 15) is 13.2 Å². The number of piperidine rings is 1. The number of hydrogen-bond donors (Lipinski definition) is 0. The summed E-state index contributed by atoms with van der Waals surface area (Å²) in [6.07, 6.45) is 11.2. The van der Waals surface area contributed by atoms with E-state index in [1.807, 2.05) is 0 Å². The summed E-state index contributed by atoms with van der Waals surface area (Å²) in [5.41, 5.74) is -0.352. The Morgan fingerprint density at radius 3 is 2.40 bits per heavy atom. The third kappa shape index (κ3) is 5.72. The molecule has 5 aliphatic rings. The molecule has 9 heteroatoms. The van der Waals surface area contributed by atoms with Crippen LogP contribution in [0.1, 0.15) is 84.5 Å². The van der Waals surface area contributed by atoms with Crippen molar-refractivity contribution in [1.82, 2.24) is 14.1 Å². The molecule has 0 aromatic heterocycles. The van der Waals surface area contributed by atoms with Gasteiger partial charge in [0.05, 0.1) is 30.2 Å². The number of amides is 1. The van der Waals surface area contributed by atoms with Gasteiger partial charge >= 0.3 is 0 Å². The topological polar surface area (TPSA) is 70.2 Å². The highest BCUT2D eigenvalue weighted by molar-refractivity contribution is 7.89. The van der Waals surface area contributed by atoms with E-state index in [4.69, 9.17) is 16.3 Å². The molecular formula is C31H46ClN3O4S. The monoisotopic (exact) mass is 591 g/mol. The molecule has 0 radical (unpaired) electrons. The Labute approximate surface area is 245 Å². The van der Waals surface area contributed by atoms with Crippen LogP contribution < -0.4 is 0 Å². The number of hydrogen-bond acceptors (Lipinski definition) is 5. The van der Waals surface area contributed by atoms with E-state index in [2.05, 4.69) is 23.6 Å². The van der Waals surface area contributed by atoms with E-state index < -0.39 is 10.0 Å². The van der Waals surface area contributed by atoms with Gasteiger partial charge in [0.2, 0.25) is 15.9 Å². The third-order valence-electron chi connectivity index (χ3n) is 10.6. The van der Waals surface area contributed by atoms with Crippen LogP contribution in [0.15, 0.2) is 29.2 Å². The van der Waals surface area contributed by atoms with E-state index in [1.165, 1.54) is 32.4 Å². The number of morpholine rings is 1. The average molecular weight is 592 g/mol. The highest BCUT2D eigenvalue weighted by Crippen LogP contribution is 2.57. The highest BCUT2D eigenvalue weighted by atomic mass is 35.5. The van der Waals surface area contributed by atoms with Gasteiger partial charge in [-0.2, -0.15) is 4.31 Å². The molecule has 1 aromatic carbocycles. The van der Waals surface area contributed by atoms with Gasteiger partial charge in [0.25, 0.3) is 0 Å². The van der Waals surface area contributed by atoms with Crippen LogP contribution in [0.4, 0.5) is 0 Å². The highest BCUT2D eigenvalue weighted by Gasteiger charge is 2.60. The minimum absolute atomic E-state index is 0.171. The largest absolute Gasteiger partial charge is 0.378 e. The van der Waals surface area contributed by atoms with Crippen LogP contribution in [0.2, 0.25) is 5.02 Å². The summed E-state index contributed by atoms with van der Waals surface area (Å²) in [5, 5.41) is 0.518. The second kappa shape index (κ2) is 11.5. The summed E-state index contributed by atoms with van der Waals surface area (Å²) in [5.74, 6) is 0.534. The number of carbonyl (C=O) groups excluding carboxylic acids is 1. The summed E-state index contributed by atoms with van der Waals surface area (Å²) >= 11 is 6.09. The van der Waals surface area contributed by atoms with Gasteiger partial charge in [-0.25, -0.2) is 8.42 Å². The normalized spacial score (nSPS) is 32.2. The molecule has 0 spiro atoms. The van der Waals surface area contributed by atoms with Crippen molar-refractivity contribution < 1.29 is 17.9 Å². The third-order valence-corrected chi connectivity index (χ3v) is 12.8. The van der Waals surface area contributed by atoms with E-state index in [-0.39, 0.29) is 40.4 Å². The van der Waals surface area contributed by atoms with Crippen molar-refractivity contribution in [2.75, 3.05) is 26.3 Å². The number of ether oxygens (including phenoxy) is 1. The zero-order valence-electron chi connectivity index (χ0n) is 24.1. The summed E-state index contributed by atoms with van der Waals surface area (Å²) in [7, 11) is -3.77. The molecule has 0 bridgehead atoms. The zero-order valence-corrected chi connectivity index (χ0v) is 25.7. The first-order chi connectivity index (χ1) is 19.2. The Balaban J connectivity index is 1.21. The van der Waals surface area contributed by atoms with E-state index >= 15 is 0 Å². The average Bonchev–Trinajstić information content (AvgIpc) is 3.88. The van der Waals surface area contributed by atoms with Gasteiger partial charge in [-0.3, -0.25) is 4.79 Å². The Hall–Kier alpha value is -1.19. The van der Waals surface area contributed by atoms with Crippen LogP contribution in [0.5, 0.6) is 0 Å². The molecule has 3 heterocycles. The van der Waals surface area contributed by atoms with Crippen LogP contribution in [-0.2, 0) is 19.6 Å². The standard InChI is InChI=1S/C31H46ClN3O4S/c1-22-6-11-26(18-23(2)33-16-4-3-5-17-33)34(22)30(36)19-31(14-15-31)29-21-39-20-28(24-7-8-24)35(29)40(37,38)27-12-9-25(32)10-13-27/h9-10,12-13,22-24,26,28-29H,3-8,11,14-21H2,1-2H3/t22?,23?,26?,28?,29-/m1/s1. The molecule has 4 unspecified atom stereocenters. The molecule has 3 aliphatic heterocycles. The van der Waals surface area contributed by atoms with Crippen LogP contribution in [0.25, 0.3) is 0 Å². The molecule has 2 saturated carbocycles. The number of nitrogens with zero attached hydrogens (tertiary/aromatic N) is 3. The predicted octanol–water partition coefficient (Wildman–Crippen LogP) is 5.32. The molecule has 5 atom stereocenters. The molecule has 222 valence electrons. The predicted molar refractivity (Wildman–Crippen MR) is 157 cm³/mol. The number of sulfonamides is 1. The first kappa shape index (κ1) is 28.9. The van der Waals surface area contributed by atoms with Crippen molar-refractivity contribution in [1.29, 1.82) is 0 Å². The minimum atomic E-state index is -3.77. The lowest BCUT2D eigenvalue weighted by atomic mass is 9.89. The van der Waals surface area contributed by atoms with Crippen LogP contribution in [0.3, 0.4) is 0 Å². The van der Waals surface area contributed by atoms with Gasteiger partial charge in [0, 0.05) is 29.6 Å².